The molecule has 5 nitrogen and oxygen atoms in total. The van der Waals surface area contributed by atoms with E-state index in [0.717, 1.165) is 34.7 Å². The van der Waals surface area contributed by atoms with Crippen molar-refractivity contribution >= 4 is 34.2 Å². The van der Waals surface area contributed by atoms with Crippen molar-refractivity contribution in [1.82, 2.24) is 20.4 Å². The van der Waals surface area contributed by atoms with Crippen LogP contribution in [0.5, 0.6) is 0 Å². The number of nitrogens with one attached hydrogen (secondary N) is 1. The molecule has 0 radical (unpaired) electrons. The van der Waals surface area contributed by atoms with Crippen LogP contribution in [0.1, 0.15) is 44.7 Å². The van der Waals surface area contributed by atoms with E-state index in [0.29, 0.717) is 22.7 Å². The van der Waals surface area contributed by atoms with Crippen LogP contribution in [-0.4, -0.2) is 26.7 Å². The minimum absolute atomic E-state index is 0.282. The fourth-order valence-corrected chi connectivity index (χ4v) is 4.45. The monoisotopic (exact) mass is 442 g/mol. The molecule has 8 heteroatoms. The summed E-state index contributed by atoms with van der Waals surface area (Å²) in [6.07, 6.45) is 0.998. The first kappa shape index (κ1) is 20.7. The zero-order valence-electron chi connectivity index (χ0n) is 17.1. The molecule has 3 heterocycles. The van der Waals surface area contributed by atoms with Gasteiger partial charge in [0.05, 0.1) is 16.5 Å². The molecule has 0 aliphatic carbocycles. The van der Waals surface area contributed by atoms with Gasteiger partial charge in [-0.1, -0.05) is 37.2 Å². The van der Waals surface area contributed by atoms with E-state index in [9.17, 15) is 4.39 Å². The maximum absolute atomic E-state index is 13.5. The highest BCUT2D eigenvalue weighted by molar-refractivity contribution is 7.80. The first-order valence-electron chi connectivity index (χ1n) is 9.86. The summed E-state index contributed by atoms with van der Waals surface area (Å²) in [6, 6.07) is 10.0. The fraction of sp³-hybridized carbons (Fsp3) is 0.318. The maximum atomic E-state index is 13.5. The van der Waals surface area contributed by atoms with Crippen LogP contribution in [0.25, 0.3) is 16.3 Å². The summed E-state index contributed by atoms with van der Waals surface area (Å²) in [5, 5.41) is 10.2. The van der Waals surface area contributed by atoms with Crippen molar-refractivity contribution < 1.29 is 8.91 Å². The van der Waals surface area contributed by atoms with E-state index in [4.69, 9.17) is 16.7 Å². The normalized spacial score (nSPS) is 17.0. The Morgan fingerprint density at radius 3 is 2.70 bits per heavy atom. The molecule has 1 aromatic carbocycles. The Hall–Kier alpha value is -2.58. The van der Waals surface area contributed by atoms with E-state index < -0.39 is 0 Å². The van der Waals surface area contributed by atoms with Gasteiger partial charge >= 0.3 is 0 Å². The summed E-state index contributed by atoms with van der Waals surface area (Å²) in [5.74, 6) is 1.26. The molecule has 0 spiro atoms. The van der Waals surface area contributed by atoms with Crippen molar-refractivity contribution in [3.8, 4) is 10.7 Å². The number of aromatic nitrogens is 2. The largest absolute Gasteiger partial charge is 0.351 e. The average Bonchev–Trinajstić information content (AvgIpc) is 3.39. The van der Waals surface area contributed by atoms with Crippen molar-refractivity contribution in [2.24, 2.45) is 5.92 Å². The van der Waals surface area contributed by atoms with Gasteiger partial charge in [0.1, 0.15) is 5.82 Å². The van der Waals surface area contributed by atoms with Crippen molar-refractivity contribution in [2.45, 2.75) is 33.2 Å². The Morgan fingerprint density at radius 1 is 1.27 bits per heavy atom. The van der Waals surface area contributed by atoms with Gasteiger partial charge in [0.15, 0.2) is 5.11 Å². The molecule has 1 unspecified atom stereocenters. The summed E-state index contributed by atoms with van der Waals surface area (Å²) in [4.78, 5) is 7.69. The summed E-state index contributed by atoms with van der Waals surface area (Å²) in [7, 11) is 0. The van der Waals surface area contributed by atoms with Gasteiger partial charge in [0.25, 0.3) is 5.89 Å². The maximum Gasteiger partial charge on any atom is 0.258 e. The molecule has 1 N–H and O–H groups in total. The number of thiophene rings is 1. The third kappa shape index (κ3) is 4.15. The van der Waals surface area contributed by atoms with Crippen LogP contribution in [0.15, 0.2) is 52.0 Å². The lowest BCUT2D eigenvalue weighted by Crippen LogP contribution is -2.46. The van der Waals surface area contributed by atoms with Gasteiger partial charge in [0, 0.05) is 12.2 Å². The molecule has 4 rings (SSSR count). The number of nitrogens with zero attached hydrogens (tertiary/aromatic N) is 3. The molecule has 0 bridgehead atoms. The molecule has 2 aromatic heterocycles. The zero-order chi connectivity index (χ0) is 21.3. The molecule has 0 amide bonds. The highest BCUT2D eigenvalue weighted by Crippen LogP contribution is 2.37. The summed E-state index contributed by atoms with van der Waals surface area (Å²) >= 11 is 7.23. The standard InChI is InChI=1S/C22H23FN4OS2/c1-13(2)10-11-27-14(3)18(21-25-20(26-28-21)17-5-4-12-30-17)19(24-22(27)29)15-6-8-16(23)9-7-15/h4-9,12-13,19H,10-11H2,1-3H3,(H,24,29). The predicted octanol–water partition coefficient (Wildman–Crippen LogP) is 5.65. The van der Waals surface area contributed by atoms with E-state index >= 15 is 0 Å². The van der Waals surface area contributed by atoms with Crippen LogP contribution in [0.3, 0.4) is 0 Å². The summed E-state index contributed by atoms with van der Waals surface area (Å²) in [6.45, 7) is 7.19. The molecule has 0 fully saturated rings. The number of benzene rings is 1. The minimum atomic E-state index is -0.301. The summed E-state index contributed by atoms with van der Waals surface area (Å²) < 4.78 is 19.2. The van der Waals surface area contributed by atoms with Crippen molar-refractivity contribution in [3.05, 3.63) is 64.7 Å². The third-order valence-electron chi connectivity index (χ3n) is 5.13. The number of thiocarbonyl (C=S) groups is 1. The van der Waals surface area contributed by atoms with E-state index in [-0.39, 0.29) is 11.9 Å². The first-order chi connectivity index (χ1) is 14.4. The molecular weight excluding hydrogens is 419 g/mol. The predicted molar refractivity (Wildman–Crippen MR) is 121 cm³/mol. The van der Waals surface area contributed by atoms with Crippen LogP contribution in [-0.2, 0) is 0 Å². The van der Waals surface area contributed by atoms with Crippen LogP contribution < -0.4 is 5.32 Å². The average molecular weight is 443 g/mol. The number of rotatable bonds is 6. The van der Waals surface area contributed by atoms with Crippen molar-refractivity contribution in [3.63, 3.8) is 0 Å². The van der Waals surface area contributed by atoms with Crippen LogP contribution >= 0.6 is 23.6 Å². The second-order valence-corrected chi connectivity index (χ2v) is 9.00. The van der Waals surface area contributed by atoms with Crippen molar-refractivity contribution in [2.75, 3.05) is 6.54 Å². The van der Waals surface area contributed by atoms with E-state index in [1.807, 2.05) is 24.4 Å². The molecule has 30 heavy (non-hydrogen) atoms. The van der Waals surface area contributed by atoms with Gasteiger partial charge in [0.2, 0.25) is 5.82 Å². The molecule has 3 aromatic rings. The topological polar surface area (TPSA) is 54.2 Å². The minimum Gasteiger partial charge on any atom is -0.351 e. The fourth-order valence-electron chi connectivity index (χ4n) is 3.46. The van der Waals surface area contributed by atoms with Gasteiger partial charge < -0.3 is 14.7 Å². The van der Waals surface area contributed by atoms with Gasteiger partial charge in [-0.15, -0.1) is 11.3 Å². The first-order valence-corrected chi connectivity index (χ1v) is 11.1. The second kappa shape index (κ2) is 8.65. The number of hydrogen-bond acceptors (Lipinski definition) is 5. The Balaban J connectivity index is 1.78. The number of allylic oxidation sites excluding steroid dienone is 1. The van der Waals surface area contributed by atoms with Crippen LogP contribution in [0, 0.1) is 11.7 Å². The molecule has 1 aliphatic heterocycles. The van der Waals surface area contributed by atoms with Crippen LogP contribution in [0.2, 0.25) is 0 Å². The van der Waals surface area contributed by atoms with Gasteiger partial charge in [-0.05, 0) is 60.6 Å². The Labute approximate surface area is 184 Å². The van der Waals surface area contributed by atoms with Gasteiger partial charge in [-0.2, -0.15) is 4.98 Å². The lowest BCUT2D eigenvalue weighted by Gasteiger charge is -2.37. The lowest BCUT2D eigenvalue weighted by molar-refractivity contribution is 0.390. The lowest BCUT2D eigenvalue weighted by atomic mass is 9.94. The number of hydrogen-bond donors (Lipinski definition) is 1. The SMILES string of the molecule is CC1=C(c2nc(-c3cccs3)no2)C(c2ccc(F)cc2)NC(=S)N1CCC(C)C. The van der Waals surface area contributed by atoms with E-state index in [1.165, 1.54) is 12.1 Å². The Bertz CT molecular complexity index is 1060. The van der Waals surface area contributed by atoms with Crippen molar-refractivity contribution in [1.29, 1.82) is 0 Å². The second-order valence-electron chi connectivity index (χ2n) is 7.67. The number of halogens is 1. The molecule has 1 atom stereocenters. The Kier molecular flexibility index (Phi) is 5.97. The third-order valence-corrected chi connectivity index (χ3v) is 6.33. The quantitative estimate of drug-likeness (QED) is 0.498. The highest BCUT2D eigenvalue weighted by atomic mass is 32.1. The van der Waals surface area contributed by atoms with E-state index in [2.05, 4.69) is 34.2 Å². The summed E-state index contributed by atoms with van der Waals surface area (Å²) in [5.41, 5.74) is 2.71. The highest BCUT2D eigenvalue weighted by Gasteiger charge is 2.34. The zero-order valence-corrected chi connectivity index (χ0v) is 18.7. The van der Waals surface area contributed by atoms with Crippen LogP contribution in [0.4, 0.5) is 4.39 Å². The molecule has 156 valence electrons. The smallest absolute Gasteiger partial charge is 0.258 e. The molecular formula is C22H23FN4OS2. The molecule has 0 saturated heterocycles. The molecule has 0 saturated carbocycles. The Morgan fingerprint density at radius 2 is 2.03 bits per heavy atom. The molecule has 1 aliphatic rings. The van der Waals surface area contributed by atoms with Gasteiger partial charge in [-0.25, -0.2) is 4.39 Å². The van der Waals surface area contributed by atoms with E-state index in [1.54, 1.807) is 23.5 Å². The van der Waals surface area contributed by atoms with Gasteiger partial charge in [-0.3, -0.25) is 0 Å².